The second kappa shape index (κ2) is 4.61. The molecular weight excluding hydrogens is 212 g/mol. The number of hydrogen-bond donors (Lipinski definition) is 0. The Hall–Kier alpha value is -1.10. The fourth-order valence-corrected chi connectivity index (χ4v) is 2.04. The Morgan fingerprint density at radius 1 is 1.67 bits per heavy atom. The van der Waals surface area contributed by atoms with Crippen molar-refractivity contribution in [2.75, 3.05) is 18.1 Å². The summed E-state index contributed by atoms with van der Waals surface area (Å²) in [4.78, 5) is 19.8. The summed E-state index contributed by atoms with van der Waals surface area (Å²) in [6, 6.07) is 1.59. The third-order valence-electron chi connectivity index (χ3n) is 2.16. The predicted molar refractivity (Wildman–Crippen MR) is 58.1 cm³/mol. The van der Waals surface area contributed by atoms with Gasteiger partial charge < -0.3 is 4.74 Å². The predicted octanol–water partition coefficient (Wildman–Crippen LogP) is 1.48. The van der Waals surface area contributed by atoms with E-state index in [0.29, 0.717) is 18.2 Å². The van der Waals surface area contributed by atoms with Crippen LogP contribution in [0.15, 0.2) is 12.3 Å². The molecule has 0 aliphatic carbocycles. The minimum Gasteiger partial charge on any atom is -0.461 e. The fourth-order valence-electron chi connectivity index (χ4n) is 1.27. The van der Waals surface area contributed by atoms with E-state index in [1.807, 2.05) is 11.8 Å². The van der Waals surface area contributed by atoms with Gasteiger partial charge in [0, 0.05) is 23.6 Å². The molecule has 1 saturated heterocycles. The van der Waals surface area contributed by atoms with Crippen molar-refractivity contribution in [3.63, 3.8) is 0 Å². The van der Waals surface area contributed by atoms with E-state index in [9.17, 15) is 4.79 Å². The second-order valence-electron chi connectivity index (χ2n) is 3.25. The third-order valence-corrected chi connectivity index (χ3v) is 3.44. The maximum atomic E-state index is 11.4. The normalized spacial score (nSPS) is 15.8. The van der Waals surface area contributed by atoms with Crippen molar-refractivity contribution >= 4 is 17.7 Å². The lowest BCUT2D eigenvalue weighted by Gasteiger charge is -2.23. The third kappa shape index (κ3) is 2.28. The molecule has 4 nitrogen and oxygen atoms in total. The number of carbonyl (C=O) groups excluding carboxylic acids is 1. The summed E-state index contributed by atoms with van der Waals surface area (Å²) < 4.78 is 4.88. The number of nitrogens with zero attached hydrogens (tertiary/aromatic N) is 2. The molecule has 0 spiro atoms. The highest BCUT2D eigenvalue weighted by molar-refractivity contribution is 8.00. The van der Waals surface area contributed by atoms with Crippen molar-refractivity contribution in [3.8, 4) is 0 Å². The lowest BCUT2D eigenvalue weighted by molar-refractivity contribution is 0.0519. The van der Waals surface area contributed by atoms with Gasteiger partial charge in [-0.3, -0.25) is 0 Å². The standard InChI is InChI=1S/C10H12N2O2S/c1-2-14-10(13)8-3-4-11-9(12-8)7-5-15-6-7/h3-4,7H,2,5-6H2,1H3. The number of aromatic nitrogens is 2. The monoisotopic (exact) mass is 224 g/mol. The van der Waals surface area contributed by atoms with E-state index in [1.165, 1.54) is 0 Å². The highest BCUT2D eigenvalue weighted by Crippen LogP contribution is 2.31. The Morgan fingerprint density at radius 3 is 3.07 bits per heavy atom. The molecule has 80 valence electrons. The number of hydrogen-bond acceptors (Lipinski definition) is 5. The van der Waals surface area contributed by atoms with Crippen LogP contribution in [-0.4, -0.2) is 34.0 Å². The van der Waals surface area contributed by atoms with Crippen LogP contribution >= 0.6 is 11.8 Å². The van der Waals surface area contributed by atoms with Crippen LogP contribution in [0.2, 0.25) is 0 Å². The number of ether oxygens (including phenoxy) is 1. The summed E-state index contributed by atoms with van der Waals surface area (Å²) in [5, 5.41) is 0. The zero-order valence-corrected chi connectivity index (χ0v) is 9.29. The van der Waals surface area contributed by atoms with Gasteiger partial charge in [0.15, 0.2) is 5.69 Å². The molecule has 1 fully saturated rings. The van der Waals surface area contributed by atoms with Gasteiger partial charge in [0.05, 0.1) is 6.61 Å². The zero-order valence-electron chi connectivity index (χ0n) is 8.47. The van der Waals surface area contributed by atoms with Crippen LogP contribution in [0.25, 0.3) is 0 Å². The Kier molecular flexibility index (Phi) is 3.20. The van der Waals surface area contributed by atoms with E-state index >= 15 is 0 Å². The quantitative estimate of drug-likeness (QED) is 0.728. The molecule has 0 saturated carbocycles. The smallest absolute Gasteiger partial charge is 0.357 e. The van der Waals surface area contributed by atoms with Gasteiger partial charge in [-0.05, 0) is 13.0 Å². The molecule has 5 heteroatoms. The average Bonchev–Trinajstić information content (AvgIpc) is 2.16. The van der Waals surface area contributed by atoms with Crippen LogP contribution in [0.4, 0.5) is 0 Å². The molecule has 0 unspecified atom stereocenters. The molecule has 0 radical (unpaired) electrons. The first-order valence-electron chi connectivity index (χ1n) is 4.89. The van der Waals surface area contributed by atoms with Crippen molar-refractivity contribution in [1.82, 2.24) is 9.97 Å². The number of esters is 1. The van der Waals surface area contributed by atoms with E-state index < -0.39 is 0 Å². The Bertz CT molecular complexity index is 366. The molecule has 0 aromatic carbocycles. The molecule has 15 heavy (non-hydrogen) atoms. The van der Waals surface area contributed by atoms with Gasteiger partial charge in [0.2, 0.25) is 0 Å². The van der Waals surface area contributed by atoms with Gasteiger partial charge in [-0.25, -0.2) is 14.8 Å². The van der Waals surface area contributed by atoms with E-state index in [0.717, 1.165) is 17.3 Å². The van der Waals surface area contributed by atoms with Gasteiger partial charge in [-0.2, -0.15) is 11.8 Å². The number of thioether (sulfide) groups is 1. The number of rotatable bonds is 3. The van der Waals surface area contributed by atoms with Crippen LogP contribution in [-0.2, 0) is 4.74 Å². The fraction of sp³-hybridized carbons (Fsp3) is 0.500. The first-order chi connectivity index (χ1) is 7.31. The summed E-state index contributed by atoms with van der Waals surface area (Å²) in [5.74, 6) is 2.90. The highest BCUT2D eigenvalue weighted by Gasteiger charge is 2.23. The summed E-state index contributed by atoms with van der Waals surface area (Å²) in [6.45, 7) is 2.15. The van der Waals surface area contributed by atoms with E-state index in [-0.39, 0.29) is 5.97 Å². The highest BCUT2D eigenvalue weighted by atomic mass is 32.2. The molecule has 0 bridgehead atoms. The molecule has 1 aromatic rings. The van der Waals surface area contributed by atoms with Crippen LogP contribution < -0.4 is 0 Å². The van der Waals surface area contributed by atoms with Crippen molar-refractivity contribution in [2.24, 2.45) is 0 Å². The minimum absolute atomic E-state index is 0.360. The molecular formula is C10H12N2O2S. The van der Waals surface area contributed by atoms with Gasteiger partial charge in [0.1, 0.15) is 5.82 Å². The Labute approximate surface area is 92.5 Å². The Balaban J connectivity index is 2.14. The summed E-state index contributed by atoms with van der Waals surface area (Å²) in [5.41, 5.74) is 0.360. The van der Waals surface area contributed by atoms with Gasteiger partial charge >= 0.3 is 5.97 Å². The maximum absolute atomic E-state index is 11.4. The van der Waals surface area contributed by atoms with Crippen molar-refractivity contribution < 1.29 is 9.53 Å². The average molecular weight is 224 g/mol. The second-order valence-corrected chi connectivity index (χ2v) is 4.33. The molecule has 1 aliphatic rings. The Morgan fingerprint density at radius 2 is 2.47 bits per heavy atom. The molecule has 0 N–H and O–H groups in total. The molecule has 1 aliphatic heterocycles. The lowest BCUT2D eigenvalue weighted by Crippen LogP contribution is -2.20. The van der Waals surface area contributed by atoms with Gasteiger partial charge in [0.25, 0.3) is 0 Å². The van der Waals surface area contributed by atoms with E-state index in [4.69, 9.17) is 4.74 Å². The summed E-state index contributed by atoms with van der Waals surface area (Å²) in [7, 11) is 0. The lowest BCUT2D eigenvalue weighted by atomic mass is 10.2. The largest absolute Gasteiger partial charge is 0.461 e. The molecule has 0 atom stereocenters. The molecule has 1 aromatic heterocycles. The van der Waals surface area contributed by atoms with Crippen molar-refractivity contribution in [2.45, 2.75) is 12.8 Å². The maximum Gasteiger partial charge on any atom is 0.357 e. The zero-order chi connectivity index (χ0) is 10.7. The summed E-state index contributed by atoms with van der Waals surface area (Å²) >= 11 is 1.87. The van der Waals surface area contributed by atoms with E-state index in [1.54, 1.807) is 19.2 Å². The van der Waals surface area contributed by atoms with Crippen LogP contribution in [0.1, 0.15) is 29.2 Å². The molecule has 2 rings (SSSR count). The topological polar surface area (TPSA) is 52.1 Å². The summed E-state index contributed by atoms with van der Waals surface area (Å²) in [6.07, 6.45) is 1.62. The molecule has 2 heterocycles. The number of carbonyl (C=O) groups is 1. The SMILES string of the molecule is CCOC(=O)c1ccnc(C2CSC2)n1. The first-order valence-corrected chi connectivity index (χ1v) is 6.04. The van der Waals surface area contributed by atoms with Crippen LogP contribution in [0.5, 0.6) is 0 Å². The van der Waals surface area contributed by atoms with E-state index in [2.05, 4.69) is 9.97 Å². The molecule has 0 amide bonds. The van der Waals surface area contributed by atoms with Gasteiger partial charge in [-0.1, -0.05) is 0 Å². The minimum atomic E-state index is -0.367. The first kappa shape index (κ1) is 10.4. The van der Waals surface area contributed by atoms with Crippen LogP contribution in [0.3, 0.4) is 0 Å². The van der Waals surface area contributed by atoms with Gasteiger partial charge in [-0.15, -0.1) is 0 Å². The van der Waals surface area contributed by atoms with Crippen molar-refractivity contribution in [1.29, 1.82) is 0 Å². The van der Waals surface area contributed by atoms with Crippen LogP contribution in [0, 0.1) is 0 Å². The van der Waals surface area contributed by atoms with Crippen molar-refractivity contribution in [3.05, 3.63) is 23.8 Å².